The minimum atomic E-state index is -3.79. The number of hydrogen-bond donors (Lipinski definition) is 2. The van der Waals surface area contributed by atoms with Crippen molar-refractivity contribution in [2.45, 2.75) is 44.7 Å². The van der Waals surface area contributed by atoms with E-state index in [2.05, 4.69) is 19.2 Å². The molecule has 1 aromatic heterocycles. The fourth-order valence-electron chi connectivity index (χ4n) is 4.39. The Morgan fingerprint density at radius 1 is 1.11 bits per heavy atom. The Balaban J connectivity index is 1.57. The highest BCUT2D eigenvalue weighted by atomic mass is 32.2. The molecule has 2 N–H and O–H groups in total. The van der Waals surface area contributed by atoms with E-state index in [0.29, 0.717) is 22.3 Å². The summed E-state index contributed by atoms with van der Waals surface area (Å²) in [6.07, 6.45) is 0.741. The van der Waals surface area contributed by atoms with E-state index in [4.69, 9.17) is 4.74 Å². The molecular formula is C27H32N3O5S2+. The van der Waals surface area contributed by atoms with Crippen LogP contribution in [0.15, 0.2) is 59.5 Å². The predicted molar refractivity (Wildman–Crippen MR) is 145 cm³/mol. The molecule has 8 nitrogen and oxygen atoms in total. The van der Waals surface area contributed by atoms with Gasteiger partial charge in [0.05, 0.1) is 40.2 Å². The lowest BCUT2D eigenvalue weighted by molar-refractivity contribution is -0.936. The first-order valence-electron chi connectivity index (χ1n) is 12.2. The van der Waals surface area contributed by atoms with Crippen LogP contribution in [0, 0.1) is 0 Å². The van der Waals surface area contributed by atoms with Gasteiger partial charge in [-0.15, -0.1) is 11.3 Å². The molecule has 4 rings (SSSR count). The summed E-state index contributed by atoms with van der Waals surface area (Å²) >= 11 is 1.41. The molecule has 1 amide bonds. The van der Waals surface area contributed by atoms with Crippen LogP contribution in [0.3, 0.4) is 0 Å². The van der Waals surface area contributed by atoms with Crippen LogP contribution in [0.25, 0.3) is 0 Å². The minimum Gasteiger partial charge on any atom is -0.462 e. The smallest absolute Gasteiger partial charge is 0.341 e. The number of sulfonamides is 1. The van der Waals surface area contributed by atoms with E-state index in [0.717, 1.165) is 30.0 Å². The quantitative estimate of drug-likeness (QED) is 0.426. The number of anilines is 2. The summed E-state index contributed by atoms with van der Waals surface area (Å²) in [6, 6.07) is 15.0. The van der Waals surface area contributed by atoms with Crippen LogP contribution in [-0.2, 0) is 27.7 Å². The lowest BCUT2D eigenvalue weighted by Crippen LogP contribution is -3.14. The minimum absolute atomic E-state index is 0.0750. The van der Waals surface area contributed by atoms with Gasteiger partial charge in [0.1, 0.15) is 11.5 Å². The van der Waals surface area contributed by atoms with Crippen molar-refractivity contribution in [2.75, 3.05) is 29.8 Å². The fourth-order valence-corrected chi connectivity index (χ4v) is 6.87. The van der Waals surface area contributed by atoms with Crippen molar-refractivity contribution >= 4 is 43.9 Å². The van der Waals surface area contributed by atoms with Crippen molar-refractivity contribution in [3.63, 3.8) is 0 Å². The van der Waals surface area contributed by atoms with Gasteiger partial charge in [-0.25, -0.2) is 13.2 Å². The van der Waals surface area contributed by atoms with Crippen molar-refractivity contribution in [3.05, 3.63) is 76.2 Å². The number of rotatable bonds is 8. The van der Waals surface area contributed by atoms with Gasteiger partial charge in [0, 0.05) is 19.0 Å². The molecule has 196 valence electrons. The molecule has 37 heavy (non-hydrogen) atoms. The second kappa shape index (κ2) is 11.0. The first kappa shape index (κ1) is 26.8. The molecule has 0 saturated carbocycles. The fraction of sp³-hybridized carbons (Fsp3) is 0.333. The Bertz CT molecular complexity index is 1380. The molecule has 10 heteroatoms. The van der Waals surface area contributed by atoms with Gasteiger partial charge < -0.3 is 15.0 Å². The van der Waals surface area contributed by atoms with E-state index < -0.39 is 21.9 Å². The molecule has 0 bridgehead atoms. The number of nitrogens with one attached hydrogen (secondary N) is 2. The maximum atomic E-state index is 13.1. The maximum absolute atomic E-state index is 13.1. The number of quaternary nitrogens is 1. The summed E-state index contributed by atoms with van der Waals surface area (Å²) in [4.78, 5) is 28.5. The highest BCUT2D eigenvalue weighted by Gasteiger charge is 2.32. The summed E-state index contributed by atoms with van der Waals surface area (Å²) in [6.45, 7) is 8.04. The van der Waals surface area contributed by atoms with Crippen LogP contribution >= 0.6 is 11.3 Å². The Morgan fingerprint density at radius 2 is 1.78 bits per heavy atom. The van der Waals surface area contributed by atoms with Gasteiger partial charge in [0.15, 0.2) is 0 Å². The molecule has 0 spiro atoms. The number of fused-ring (bicyclic) bond motifs is 1. The van der Waals surface area contributed by atoms with E-state index in [1.807, 2.05) is 6.07 Å². The molecule has 0 saturated heterocycles. The summed E-state index contributed by atoms with van der Waals surface area (Å²) in [7, 11) is -2.30. The van der Waals surface area contributed by atoms with Gasteiger partial charge in [-0.1, -0.05) is 18.2 Å². The zero-order valence-electron chi connectivity index (χ0n) is 21.4. The molecule has 0 aliphatic carbocycles. The van der Waals surface area contributed by atoms with Gasteiger partial charge in [0.2, 0.25) is 0 Å². The molecule has 1 unspecified atom stereocenters. The number of esters is 1. The number of benzene rings is 2. The van der Waals surface area contributed by atoms with E-state index in [1.165, 1.54) is 51.9 Å². The van der Waals surface area contributed by atoms with Crippen LogP contribution in [0.2, 0.25) is 0 Å². The zero-order chi connectivity index (χ0) is 26.7. The Labute approximate surface area is 221 Å². The average molecular weight is 543 g/mol. The topological polar surface area (TPSA) is 97.2 Å². The molecule has 0 radical (unpaired) electrons. The number of amides is 1. The van der Waals surface area contributed by atoms with Crippen LogP contribution in [-0.4, -0.2) is 46.5 Å². The number of hydrogen-bond acceptors (Lipinski definition) is 6. The standard InChI is InChI=1S/C27H31N3O5S2/c1-5-35-27(32)24-22-15-16-30(18(2)3)17-23(22)36-26(24)28-25(31)19-11-13-21(14-12-19)37(33,34)29(4)20-9-7-6-8-10-20/h6-14,18H,5,15-17H2,1-4H3,(H,28,31)/p+1. The van der Waals surface area contributed by atoms with Crippen molar-refractivity contribution in [2.24, 2.45) is 0 Å². The summed E-state index contributed by atoms with van der Waals surface area (Å²) in [5.41, 5.74) is 2.21. The lowest BCUT2D eigenvalue weighted by Gasteiger charge is -2.27. The maximum Gasteiger partial charge on any atom is 0.341 e. The largest absolute Gasteiger partial charge is 0.462 e. The van der Waals surface area contributed by atoms with Crippen LogP contribution in [0.4, 0.5) is 10.7 Å². The number of carbonyl (C=O) groups excluding carboxylic acids is 2. The third kappa shape index (κ3) is 5.56. The third-order valence-electron chi connectivity index (χ3n) is 6.59. The van der Waals surface area contributed by atoms with Crippen molar-refractivity contribution in [3.8, 4) is 0 Å². The van der Waals surface area contributed by atoms with E-state index in [9.17, 15) is 18.0 Å². The SMILES string of the molecule is CCOC(=O)c1c(NC(=O)c2ccc(S(=O)(=O)N(C)c3ccccc3)cc2)sc2c1CC[NH+](C(C)C)C2. The van der Waals surface area contributed by atoms with Gasteiger partial charge >= 0.3 is 5.97 Å². The van der Waals surface area contributed by atoms with Crippen LogP contribution in [0.5, 0.6) is 0 Å². The summed E-state index contributed by atoms with van der Waals surface area (Å²) in [5, 5.41) is 3.36. The summed E-state index contributed by atoms with van der Waals surface area (Å²) < 4.78 is 32.6. The number of ether oxygens (including phenoxy) is 1. The molecule has 2 aromatic carbocycles. The molecule has 1 aliphatic rings. The second-order valence-electron chi connectivity index (χ2n) is 9.20. The normalized spacial score (nSPS) is 15.2. The third-order valence-corrected chi connectivity index (χ3v) is 9.54. The Morgan fingerprint density at radius 3 is 2.41 bits per heavy atom. The van der Waals surface area contributed by atoms with E-state index in [-0.39, 0.29) is 17.1 Å². The first-order chi connectivity index (χ1) is 17.6. The molecule has 3 aromatic rings. The number of nitrogens with zero attached hydrogens (tertiary/aromatic N) is 1. The van der Waals surface area contributed by atoms with Gasteiger partial charge in [-0.05, 0) is 62.7 Å². The van der Waals surface area contributed by atoms with Gasteiger partial charge in [-0.2, -0.15) is 0 Å². The Kier molecular flexibility index (Phi) is 8.01. The molecule has 2 heterocycles. The van der Waals surface area contributed by atoms with Crippen LogP contribution < -0.4 is 14.5 Å². The van der Waals surface area contributed by atoms with E-state index >= 15 is 0 Å². The number of carbonyl (C=O) groups is 2. The first-order valence-corrected chi connectivity index (χ1v) is 14.5. The lowest BCUT2D eigenvalue weighted by atomic mass is 10.0. The number of thiophene rings is 1. The molecule has 0 fully saturated rings. The Hall–Kier alpha value is -3.21. The number of para-hydroxylation sites is 1. The zero-order valence-corrected chi connectivity index (χ0v) is 23.0. The highest BCUT2D eigenvalue weighted by molar-refractivity contribution is 7.92. The van der Waals surface area contributed by atoms with Crippen molar-refractivity contribution in [1.29, 1.82) is 0 Å². The van der Waals surface area contributed by atoms with Crippen LogP contribution in [0.1, 0.15) is 51.9 Å². The average Bonchev–Trinajstić information content (AvgIpc) is 3.25. The van der Waals surface area contributed by atoms with Gasteiger partial charge in [0.25, 0.3) is 15.9 Å². The van der Waals surface area contributed by atoms with Crippen molar-refractivity contribution < 1.29 is 27.6 Å². The second-order valence-corrected chi connectivity index (χ2v) is 12.3. The highest BCUT2D eigenvalue weighted by Crippen LogP contribution is 2.36. The molecular weight excluding hydrogens is 510 g/mol. The monoisotopic (exact) mass is 542 g/mol. The molecule has 1 aliphatic heterocycles. The molecule has 1 atom stereocenters. The predicted octanol–water partition coefficient (Wildman–Crippen LogP) is 3.35. The van der Waals surface area contributed by atoms with Crippen molar-refractivity contribution in [1.82, 2.24) is 0 Å². The summed E-state index contributed by atoms with van der Waals surface area (Å²) in [5.74, 6) is -0.855. The van der Waals surface area contributed by atoms with Gasteiger partial charge in [-0.3, -0.25) is 9.10 Å². The van der Waals surface area contributed by atoms with E-state index in [1.54, 1.807) is 31.2 Å².